The lowest BCUT2D eigenvalue weighted by Crippen LogP contribution is -1.87. The molecule has 2 aromatic carbocycles. The highest BCUT2D eigenvalue weighted by molar-refractivity contribution is 6.32. The van der Waals surface area contributed by atoms with Gasteiger partial charge in [-0.3, -0.25) is 4.98 Å². The second kappa shape index (κ2) is 8.16. The number of hydrogen-bond donors (Lipinski definition) is 1. The van der Waals surface area contributed by atoms with Crippen molar-refractivity contribution in [3.63, 3.8) is 0 Å². The first kappa shape index (κ1) is 18.3. The lowest BCUT2D eigenvalue weighted by Gasteiger charge is -2.05. The number of benzene rings is 2. The van der Waals surface area contributed by atoms with Crippen molar-refractivity contribution in [2.45, 2.75) is 39.5 Å². The van der Waals surface area contributed by atoms with E-state index in [0.29, 0.717) is 16.9 Å². The Labute approximate surface area is 149 Å². The van der Waals surface area contributed by atoms with Crippen molar-refractivity contribution in [1.82, 2.24) is 4.98 Å². The highest BCUT2D eigenvalue weighted by Gasteiger charge is 2.02. The summed E-state index contributed by atoms with van der Waals surface area (Å²) >= 11 is 5.64. The van der Waals surface area contributed by atoms with Gasteiger partial charge in [-0.1, -0.05) is 63.6 Å². The fourth-order valence-electron chi connectivity index (χ4n) is 2.33. The van der Waals surface area contributed by atoms with Gasteiger partial charge in [-0.25, -0.2) is 0 Å². The SMILES string of the molecule is CC(C)c1ccc(Cl)c(O)c1.CC(C)c1ccc2cccnc2c1. The molecule has 3 aromatic rings. The molecule has 1 N–H and O–H groups in total. The van der Waals surface area contributed by atoms with Crippen LogP contribution >= 0.6 is 11.6 Å². The lowest BCUT2D eigenvalue weighted by molar-refractivity contribution is 0.474. The van der Waals surface area contributed by atoms with Crippen LogP contribution in [-0.2, 0) is 0 Å². The van der Waals surface area contributed by atoms with Crippen LogP contribution in [0.2, 0.25) is 5.02 Å². The topological polar surface area (TPSA) is 33.1 Å². The number of hydrogen-bond acceptors (Lipinski definition) is 2. The Morgan fingerprint density at radius 3 is 2.12 bits per heavy atom. The van der Waals surface area contributed by atoms with Crippen molar-refractivity contribution in [3.8, 4) is 5.75 Å². The zero-order valence-corrected chi connectivity index (χ0v) is 15.4. The third-order valence-corrected chi connectivity index (χ3v) is 4.25. The molecular weight excluding hydrogens is 318 g/mol. The molecule has 3 heteroatoms. The predicted molar refractivity (Wildman–Crippen MR) is 103 cm³/mol. The van der Waals surface area contributed by atoms with E-state index in [2.05, 4.69) is 56.9 Å². The van der Waals surface area contributed by atoms with Crippen molar-refractivity contribution >= 4 is 22.5 Å². The summed E-state index contributed by atoms with van der Waals surface area (Å²) in [5, 5.41) is 10.8. The van der Waals surface area contributed by atoms with Gasteiger partial charge in [-0.2, -0.15) is 0 Å². The molecule has 0 unspecified atom stereocenters. The smallest absolute Gasteiger partial charge is 0.134 e. The van der Waals surface area contributed by atoms with E-state index >= 15 is 0 Å². The summed E-state index contributed by atoms with van der Waals surface area (Å²) in [5.41, 5.74) is 3.55. The van der Waals surface area contributed by atoms with Gasteiger partial charge < -0.3 is 5.11 Å². The summed E-state index contributed by atoms with van der Waals surface area (Å²) in [5.74, 6) is 1.17. The molecule has 0 saturated carbocycles. The number of nitrogens with zero attached hydrogens (tertiary/aromatic N) is 1. The summed E-state index contributed by atoms with van der Waals surface area (Å²) in [7, 11) is 0. The van der Waals surface area contributed by atoms with Gasteiger partial charge in [0.15, 0.2) is 0 Å². The molecule has 0 aliphatic rings. The largest absolute Gasteiger partial charge is 0.506 e. The van der Waals surface area contributed by atoms with E-state index in [-0.39, 0.29) is 5.75 Å². The molecule has 0 radical (unpaired) electrons. The molecule has 0 fully saturated rings. The van der Waals surface area contributed by atoms with Gasteiger partial charge in [0, 0.05) is 11.6 Å². The maximum absolute atomic E-state index is 9.22. The summed E-state index contributed by atoms with van der Waals surface area (Å²) < 4.78 is 0. The summed E-state index contributed by atoms with van der Waals surface area (Å²) in [6.45, 7) is 8.54. The molecular formula is C21H24ClNO. The Balaban J connectivity index is 0.000000177. The van der Waals surface area contributed by atoms with E-state index in [1.165, 1.54) is 10.9 Å². The molecule has 126 valence electrons. The quantitative estimate of drug-likeness (QED) is 0.575. The van der Waals surface area contributed by atoms with E-state index in [1.807, 2.05) is 18.3 Å². The Morgan fingerprint density at radius 2 is 1.50 bits per heavy atom. The summed E-state index contributed by atoms with van der Waals surface area (Å²) in [4.78, 5) is 4.32. The summed E-state index contributed by atoms with van der Waals surface area (Å²) in [6.07, 6.45) is 1.84. The van der Waals surface area contributed by atoms with Crippen LogP contribution in [0.4, 0.5) is 0 Å². The van der Waals surface area contributed by atoms with Gasteiger partial charge in [0.05, 0.1) is 10.5 Å². The van der Waals surface area contributed by atoms with Crippen molar-refractivity contribution in [3.05, 3.63) is 70.9 Å². The van der Waals surface area contributed by atoms with Crippen LogP contribution in [0.3, 0.4) is 0 Å². The average molecular weight is 342 g/mol. The third-order valence-electron chi connectivity index (χ3n) is 3.93. The third kappa shape index (κ3) is 4.72. The first-order valence-electron chi connectivity index (χ1n) is 8.21. The Morgan fingerprint density at radius 1 is 0.875 bits per heavy atom. The van der Waals surface area contributed by atoms with Crippen molar-refractivity contribution < 1.29 is 5.11 Å². The number of phenolic OH excluding ortho intramolecular Hbond substituents is 1. The molecule has 0 atom stereocenters. The number of pyridine rings is 1. The molecule has 0 aliphatic heterocycles. The van der Waals surface area contributed by atoms with Crippen molar-refractivity contribution in [2.75, 3.05) is 0 Å². The molecule has 24 heavy (non-hydrogen) atoms. The molecule has 3 rings (SSSR count). The minimum absolute atomic E-state index is 0.165. The normalized spacial score (nSPS) is 10.8. The number of phenols is 1. The van der Waals surface area contributed by atoms with Crippen LogP contribution in [0.15, 0.2) is 54.7 Å². The standard InChI is InChI=1S/C12H13N.C9H11ClO/c1-9(2)11-6-5-10-4-3-7-13-12(10)8-11;1-6(2)7-3-4-8(10)9(11)5-7/h3-9H,1-2H3;3-6,11H,1-2H3. The van der Waals surface area contributed by atoms with E-state index in [4.69, 9.17) is 11.6 Å². The second-order valence-corrected chi connectivity index (χ2v) is 6.88. The molecule has 0 amide bonds. The number of fused-ring (bicyclic) bond motifs is 1. The molecule has 1 heterocycles. The minimum Gasteiger partial charge on any atom is -0.506 e. The first-order chi connectivity index (χ1) is 11.4. The first-order valence-corrected chi connectivity index (χ1v) is 8.59. The van der Waals surface area contributed by atoms with Gasteiger partial charge >= 0.3 is 0 Å². The zero-order chi connectivity index (χ0) is 17.7. The van der Waals surface area contributed by atoms with Gasteiger partial charge in [0.2, 0.25) is 0 Å². The van der Waals surface area contributed by atoms with E-state index < -0.39 is 0 Å². The highest BCUT2D eigenvalue weighted by Crippen LogP contribution is 2.26. The number of rotatable bonds is 2. The lowest BCUT2D eigenvalue weighted by atomic mass is 10.0. The number of halogens is 1. The second-order valence-electron chi connectivity index (χ2n) is 6.48. The zero-order valence-electron chi connectivity index (χ0n) is 14.6. The molecule has 0 spiro atoms. The fourth-order valence-corrected chi connectivity index (χ4v) is 2.45. The molecule has 0 aliphatic carbocycles. The maximum atomic E-state index is 9.22. The fraction of sp³-hybridized carbons (Fsp3) is 0.286. The van der Waals surface area contributed by atoms with Crippen LogP contribution in [0.5, 0.6) is 5.75 Å². The van der Waals surface area contributed by atoms with Crippen LogP contribution in [0.25, 0.3) is 10.9 Å². The van der Waals surface area contributed by atoms with Gasteiger partial charge in [-0.15, -0.1) is 0 Å². The van der Waals surface area contributed by atoms with Crippen LogP contribution < -0.4 is 0 Å². The molecule has 0 bridgehead atoms. The Bertz CT molecular complexity index is 812. The van der Waals surface area contributed by atoms with Gasteiger partial charge in [-0.05, 0) is 47.2 Å². The average Bonchev–Trinajstić information content (AvgIpc) is 2.57. The van der Waals surface area contributed by atoms with E-state index in [0.717, 1.165) is 11.1 Å². The van der Waals surface area contributed by atoms with Crippen molar-refractivity contribution in [1.29, 1.82) is 0 Å². The number of aromatic nitrogens is 1. The summed E-state index contributed by atoms with van der Waals surface area (Å²) in [6, 6.07) is 15.9. The van der Waals surface area contributed by atoms with Crippen LogP contribution in [0.1, 0.15) is 50.7 Å². The van der Waals surface area contributed by atoms with Crippen molar-refractivity contribution in [2.24, 2.45) is 0 Å². The molecule has 2 nitrogen and oxygen atoms in total. The van der Waals surface area contributed by atoms with Crippen LogP contribution in [-0.4, -0.2) is 10.1 Å². The Hall–Kier alpha value is -2.06. The van der Waals surface area contributed by atoms with E-state index in [9.17, 15) is 5.11 Å². The monoisotopic (exact) mass is 341 g/mol. The molecule has 0 saturated heterocycles. The predicted octanol–water partition coefficient (Wildman–Crippen LogP) is 6.53. The molecule has 1 aromatic heterocycles. The highest BCUT2D eigenvalue weighted by atomic mass is 35.5. The Kier molecular flexibility index (Phi) is 6.22. The van der Waals surface area contributed by atoms with Gasteiger partial charge in [0.1, 0.15) is 5.75 Å². The van der Waals surface area contributed by atoms with Crippen LogP contribution in [0, 0.1) is 0 Å². The van der Waals surface area contributed by atoms with E-state index in [1.54, 1.807) is 12.1 Å². The number of aromatic hydroxyl groups is 1. The maximum Gasteiger partial charge on any atom is 0.134 e. The van der Waals surface area contributed by atoms with Gasteiger partial charge in [0.25, 0.3) is 0 Å². The minimum atomic E-state index is 0.165.